The van der Waals surface area contributed by atoms with Gasteiger partial charge in [0.25, 0.3) is 5.91 Å². The largest absolute Gasteiger partial charge is 0.459 e. The fourth-order valence-corrected chi connectivity index (χ4v) is 6.15. The van der Waals surface area contributed by atoms with Crippen molar-refractivity contribution in [2.24, 2.45) is 0 Å². The molecule has 1 N–H and O–H groups in total. The number of rotatable bonds is 8. The molecule has 1 saturated heterocycles. The van der Waals surface area contributed by atoms with Crippen LogP contribution in [0.5, 0.6) is 0 Å². The SMILES string of the molecule is O=C(NCc1cccc(S(=O)(=O)N2CCCCC2)c1)c1occc1CSc1ccccc1. The lowest BCUT2D eigenvalue weighted by molar-refractivity contribution is 0.0922. The summed E-state index contributed by atoms with van der Waals surface area (Å²) in [6.07, 6.45) is 4.37. The van der Waals surface area contributed by atoms with Gasteiger partial charge in [0.1, 0.15) is 0 Å². The normalized spacial score (nSPS) is 14.9. The topological polar surface area (TPSA) is 79.6 Å². The van der Waals surface area contributed by atoms with Gasteiger partial charge in [0.2, 0.25) is 10.0 Å². The molecule has 1 fully saturated rings. The van der Waals surface area contributed by atoms with Gasteiger partial charge in [-0.1, -0.05) is 36.8 Å². The first-order chi connectivity index (χ1) is 15.5. The smallest absolute Gasteiger partial charge is 0.287 e. The number of sulfonamides is 1. The van der Waals surface area contributed by atoms with Gasteiger partial charge in [0, 0.05) is 35.8 Å². The van der Waals surface area contributed by atoms with E-state index >= 15 is 0 Å². The Morgan fingerprint density at radius 1 is 1.00 bits per heavy atom. The standard InChI is InChI=1S/C24H26N2O4S2/c27-24(23-20(12-15-30-23)18-31-21-9-3-1-4-10-21)25-17-19-8-7-11-22(16-19)32(28,29)26-13-5-2-6-14-26/h1,3-4,7-12,15-16H,2,5-6,13-14,17-18H2,(H,25,27). The van der Waals surface area contributed by atoms with Crippen molar-refractivity contribution in [2.45, 2.75) is 41.4 Å². The van der Waals surface area contributed by atoms with Gasteiger partial charge in [-0.05, 0) is 48.7 Å². The van der Waals surface area contributed by atoms with E-state index in [9.17, 15) is 13.2 Å². The molecule has 0 atom stereocenters. The van der Waals surface area contributed by atoms with E-state index in [1.807, 2.05) is 36.4 Å². The number of nitrogens with zero attached hydrogens (tertiary/aromatic N) is 1. The molecule has 0 aliphatic carbocycles. The van der Waals surface area contributed by atoms with Crippen molar-refractivity contribution in [3.05, 3.63) is 83.8 Å². The molecule has 0 unspecified atom stereocenters. The highest BCUT2D eigenvalue weighted by Crippen LogP contribution is 2.25. The molecule has 8 heteroatoms. The zero-order chi connectivity index (χ0) is 22.4. The number of hydrogen-bond acceptors (Lipinski definition) is 5. The molecule has 0 saturated carbocycles. The quantitative estimate of drug-likeness (QED) is 0.484. The molecule has 0 spiro atoms. The molecule has 1 amide bonds. The van der Waals surface area contributed by atoms with Crippen LogP contribution >= 0.6 is 11.8 Å². The van der Waals surface area contributed by atoms with E-state index in [4.69, 9.17) is 4.42 Å². The molecule has 32 heavy (non-hydrogen) atoms. The summed E-state index contributed by atoms with van der Waals surface area (Å²) in [5, 5.41) is 2.85. The number of nitrogens with one attached hydrogen (secondary N) is 1. The van der Waals surface area contributed by atoms with Gasteiger partial charge in [-0.15, -0.1) is 11.8 Å². The summed E-state index contributed by atoms with van der Waals surface area (Å²) in [6, 6.07) is 18.5. The van der Waals surface area contributed by atoms with Crippen LogP contribution < -0.4 is 5.32 Å². The third-order valence-electron chi connectivity index (χ3n) is 5.39. The van der Waals surface area contributed by atoms with Gasteiger partial charge in [-0.2, -0.15) is 4.31 Å². The van der Waals surface area contributed by atoms with Crippen LogP contribution in [0.15, 0.2) is 81.1 Å². The van der Waals surface area contributed by atoms with Crippen molar-refractivity contribution in [3.63, 3.8) is 0 Å². The predicted molar refractivity (Wildman–Crippen MR) is 125 cm³/mol. The van der Waals surface area contributed by atoms with E-state index < -0.39 is 10.0 Å². The van der Waals surface area contributed by atoms with E-state index in [2.05, 4.69) is 5.32 Å². The molecule has 1 aliphatic heterocycles. The lowest BCUT2D eigenvalue weighted by atomic mass is 10.2. The molecule has 0 bridgehead atoms. The maximum atomic E-state index is 12.9. The first-order valence-electron chi connectivity index (χ1n) is 10.7. The Morgan fingerprint density at radius 3 is 2.56 bits per heavy atom. The summed E-state index contributed by atoms with van der Waals surface area (Å²) in [5.74, 6) is 0.584. The number of amides is 1. The zero-order valence-electron chi connectivity index (χ0n) is 17.7. The summed E-state index contributed by atoms with van der Waals surface area (Å²) in [7, 11) is -3.51. The molecule has 1 aliphatic rings. The Bertz CT molecular complexity index is 1150. The summed E-state index contributed by atoms with van der Waals surface area (Å²) in [4.78, 5) is 14.1. The van der Waals surface area contributed by atoms with E-state index in [0.29, 0.717) is 18.8 Å². The maximum Gasteiger partial charge on any atom is 0.287 e. The first kappa shape index (κ1) is 22.6. The van der Waals surface area contributed by atoms with Gasteiger partial charge >= 0.3 is 0 Å². The molecule has 4 rings (SSSR count). The Labute approximate surface area is 193 Å². The third kappa shape index (κ3) is 5.43. The molecule has 6 nitrogen and oxygen atoms in total. The first-order valence-corrected chi connectivity index (χ1v) is 13.1. The average molecular weight is 471 g/mol. The molecule has 1 aromatic heterocycles. The predicted octanol–water partition coefficient (Wildman–Crippen LogP) is 4.68. The minimum atomic E-state index is -3.51. The zero-order valence-corrected chi connectivity index (χ0v) is 19.3. The second kappa shape index (κ2) is 10.4. The summed E-state index contributed by atoms with van der Waals surface area (Å²) in [5.41, 5.74) is 1.54. The Balaban J connectivity index is 1.39. The third-order valence-corrected chi connectivity index (χ3v) is 8.35. The second-order valence-electron chi connectivity index (χ2n) is 7.67. The summed E-state index contributed by atoms with van der Waals surface area (Å²) >= 11 is 1.63. The molecular formula is C24H26N2O4S2. The van der Waals surface area contributed by atoms with Crippen LogP contribution in [0.2, 0.25) is 0 Å². The summed E-state index contributed by atoms with van der Waals surface area (Å²) in [6.45, 7) is 1.34. The van der Waals surface area contributed by atoms with E-state index in [1.54, 1.807) is 40.3 Å². The Kier molecular flexibility index (Phi) is 7.34. The molecule has 168 valence electrons. The molecular weight excluding hydrogens is 444 g/mol. The highest BCUT2D eigenvalue weighted by Gasteiger charge is 2.26. The Morgan fingerprint density at radius 2 is 1.78 bits per heavy atom. The average Bonchev–Trinajstić information content (AvgIpc) is 3.31. The lowest BCUT2D eigenvalue weighted by Crippen LogP contribution is -2.35. The lowest BCUT2D eigenvalue weighted by Gasteiger charge is -2.26. The van der Waals surface area contributed by atoms with Gasteiger partial charge in [0.05, 0.1) is 11.2 Å². The monoisotopic (exact) mass is 470 g/mol. The maximum absolute atomic E-state index is 12.9. The van der Waals surface area contributed by atoms with Gasteiger partial charge in [-0.25, -0.2) is 8.42 Å². The van der Waals surface area contributed by atoms with Crippen LogP contribution in [0.3, 0.4) is 0 Å². The number of benzene rings is 2. The van der Waals surface area contributed by atoms with Crippen molar-refractivity contribution >= 4 is 27.7 Å². The molecule has 3 aromatic rings. The highest BCUT2D eigenvalue weighted by molar-refractivity contribution is 7.98. The van der Waals surface area contributed by atoms with Gasteiger partial charge in [0.15, 0.2) is 5.76 Å². The highest BCUT2D eigenvalue weighted by atomic mass is 32.2. The van der Waals surface area contributed by atoms with Crippen molar-refractivity contribution in [2.75, 3.05) is 13.1 Å². The summed E-state index contributed by atoms with van der Waals surface area (Å²) < 4.78 is 32.8. The van der Waals surface area contributed by atoms with Crippen LogP contribution in [0.4, 0.5) is 0 Å². The van der Waals surface area contributed by atoms with E-state index in [-0.39, 0.29) is 23.1 Å². The van der Waals surface area contributed by atoms with Crippen LogP contribution in [-0.2, 0) is 22.3 Å². The number of piperidine rings is 1. The van der Waals surface area contributed by atoms with E-state index in [0.717, 1.165) is 35.3 Å². The van der Waals surface area contributed by atoms with Gasteiger partial charge in [-0.3, -0.25) is 4.79 Å². The minimum absolute atomic E-state index is 0.216. The molecule has 2 aromatic carbocycles. The number of furan rings is 1. The van der Waals surface area contributed by atoms with Crippen LogP contribution in [0.1, 0.15) is 40.9 Å². The number of carbonyl (C=O) groups excluding carboxylic acids is 1. The Hall–Kier alpha value is -2.55. The van der Waals surface area contributed by atoms with Crippen LogP contribution in [-0.4, -0.2) is 31.7 Å². The minimum Gasteiger partial charge on any atom is -0.459 e. The number of carbonyl (C=O) groups is 1. The van der Waals surface area contributed by atoms with Crippen molar-refractivity contribution in [1.82, 2.24) is 9.62 Å². The fourth-order valence-electron chi connectivity index (χ4n) is 3.66. The number of thioether (sulfide) groups is 1. The van der Waals surface area contributed by atoms with Gasteiger partial charge < -0.3 is 9.73 Å². The van der Waals surface area contributed by atoms with Crippen molar-refractivity contribution in [3.8, 4) is 0 Å². The number of hydrogen-bond donors (Lipinski definition) is 1. The second-order valence-corrected chi connectivity index (χ2v) is 10.7. The van der Waals surface area contributed by atoms with Crippen LogP contribution in [0, 0.1) is 0 Å². The van der Waals surface area contributed by atoms with Crippen molar-refractivity contribution < 1.29 is 17.6 Å². The van der Waals surface area contributed by atoms with Crippen LogP contribution in [0.25, 0.3) is 0 Å². The van der Waals surface area contributed by atoms with Crippen molar-refractivity contribution in [1.29, 1.82) is 0 Å². The molecule has 2 heterocycles. The van der Waals surface area contributed by atoms with E-state index in [1.165, 1.54) is 6.26 Å². The molecule has 0 radical (unpaired) electrons. The fraction of sp³-hybridized carbons (Fsp3) is 0.292.